The van der Waals surface area contributed by atoms with Crippen molar-refractivity contribution >= 4 is 0 Å². The third kappa shape index (κ3) is 3.10. The van der Waals surface area contributed by atoms with Gasteiger partial charge in [-0.1, -0.05) is 24.8 Å². The van der Waals surface area contributed by atoms with E-state index in [-0.39, 0.29) is 12.1 Å². The molecule has 2 nitrogen and oxygen atoms in total. The van der Waals surface area contributed by atoms with E-state index in [9.17, 15) is 0 Å². The second-order valence-electron chi connectivity index (χ2n) is 3.89. The molecule has 0 saturated heterocycles. The Bertz CT molecular complexity index is 344. The van der Waals surface area contributed by atoms with Crippen molar-refractivity contribution in [2.24, 2.45) is 5.73 Å². The summed E-state index contributed by atoms with van der Waals surface area (Å²) in [7, 11) is 0. The van der Waals surface area contributed by atoms with Gasteiger partial charge in [0.2, 0.25) is 0 Å². The number of rotatable bonds is 4. The van der Waals surface area contributed by atoms with Crippen LogP contribution in [0, 0.1) is 6.92 Å². The van der Waals surface area contributed by atoms with E-state index in [0.29, 0.717) is 0 Å². The van der Waals surface area contributed by atoms with E-state index in [1.807, 2.05) is 39.0 Å². The zero-order valence-electron chi connectivity index (χ0n) is 9.66. The Kier molecular flexibility index (Phi) is 3.92. The zero-order valence-corrected chi connectivity index (χ0v) is 9.66. The lowest BCUT2D eigenvalue weighted by Crippen LogP contribution is -2.13. The van der Waals surface area contributed by atoms with E-state index in [1.54, 1.807) is 6.08 Å². The largest absolute Gasteiger partial charge is 0.486 e. The third-order valence-electron chi connectivity index (χ3n) is 2.30. The lowest BCUT2D eigenvalue weighted by molar-refractivity contribution is 0.266. The number of hydrogen-bond acceptors (Lipinski definition) is 2. The van der Waals surface area contributed by atoms with Gasteiger partial charge >= 0.3 is 0 Å². The van der Waals surface area contributed by atoms with Crippen molar-refractivity contribution in [1.29, 1.82) is 0 Å². The summed E-state index contributed by atoms with van der Waals surface area (Å²) in [4.78, 5) is 0. The molecule has 0 aliphatic rings. The van der Waals surface area contributed by atoms with Gasteiger partial charge in [-0.05, 0) is 32.4 Å². The third-order valence-corrected chi connectivity index (χ3v) is 2.30. The fourth-order valence-electron chi connectivity index (χ4n) is 1.37. The Morgan fingerprint density at radius 1 is 1.40 bits per heavy atom. The number of hydrogen-bond donors (Lipinski definition) is 1. The van der Waals surface area contributed by atoms with E-state index in [0.717, 1.165) is 11.3 Å². The minimum absolute atomic E-state index is 0.00398. The minimum atomic E-state index is -0.0161. The summed E-state index contributed by atoms with van der Waals surface area (Å²) in [6.45, 7) is 9.65. The highest BCUT2D eigenvalue weighted by molar-refractivity contribution is 5.39. The van der Waals surface area contributed by atoms with Crippen molar-refractivity contribution in [3.05, 3.63) is 42.0 Å². The predicted octanol–water partition coefficient (Wildman–Crippen LogP) is 2.97. The van der Waals surface area contributed by atoms with E-state index >= 15 is 0 Å². The lowest BCUT2D eigenvalue weighted by Gasteiger charge is -2.17. The van der Waals surface area contributed by atoms with Gasteiger partial charge in [0, 0.05) is 11.6 Å². The van der Waals surface area contributed by atoms with Gasteiger partial charge in [0.05, 0.1) is 0 Å². The number of benzene rings is 1. The summed E-state index contributed by atoms with van der Waals surface area (Å²) in [5.41, 5.74) is 8.08. The first kappa shape index (κ1) is 11.8. The van der Waals surface area contributed by atoms with Crippen LogP contribution in [0.1, 0.15) is 31.0 Å². The molecule has 15 heavy (non-hydrogen) atoms. The lowest BCUT2D eigenvalue weighted by atomic mass is 10.1. The highest BCUT2D eigenvalue weighted by Crippen LogP contribution is 2.26. The van der Waals surface area contributed by atoms with Gasteiger partial charge in [0.1, 0.15) is 11.9 Å². The van der Waals surface area contributed by atoms with E-state index in [2.05, 4.69) is 6.58 Å². The molecule has 0 aliphatic carbocycles. The Labute approximate surface area is 91.7 Å². The number of nitrogens with two attached hydrogens (primary N) is 1. The first-order chi connectivity index (χ1) is 7.04. The predicted molar refractivity (Wildman–Crippen MR) is 64.1 cm³/mol. The molecule has 0 radical (unpaired) electrons. The van der Waals surface area contributed by atoms with Crippen LogP contribution in [-0.4, -0.2) is 6.10 Å². The number of aryl methyl sites for hydroxylation is 1. The molecule has 0 heterocycles. The molecule has 1 aromatic carbocycles. The molecule has 2 unspecified atom stereocenters. The summed E-state index contributed by atoms with van der Waals surface area (Å²) < 4.78 is 5.74. The maximum absolute atomic E-state index is 5.88. The Balaban J connectivity index is 3.01. The average Bonchev–Trinajstić information content (AvgIpc) is 2.17. The van der Waals surface area contributed by atoms with Crippen LogP contribution in [0.5, 0.6) is 5.75 Å². The molecule has 82 valence electrons. The van der Waals surface area contributed by atoms with Gasteiger partial charge in [0.25, 0.3) is 0 Å². The summed E-state index contributed by atoms with van der Waals surface area (Å²) in [5.74, 6) is 0.859. The molecule has 2 atom stereocenters. The Morgan fingerprint density at radius 2 is 2.07 bits per heavy atom. The van der Waals surface area contributed by atoms with Gasteiger partial charge in [-0.2, -0.15) is 0 Å². The van der Waals surface area contributed by atoms with Crippen LogP contribution in [-0.2, 0) is 0 Å². The summed E-state index contributed by atoms with van der Waals surface area (Å²) in [6.07, 6.45) is 1.78. The van der Waals surface area contributed by atoms with Crippen LogP contribution in [0.4, 0.5) is 0 Å². The minimum Gasteiger partial charge on any atom is -0.486 e. The molecule has 1 aromatic rings. The molecule has 1 rings (SSSR count). The fraction of sp³-hybridized carbons (Fsp3) is 0.385. The zero-order chi connectivity index (χ0) is 11.4. The maximum atomic E-state index is 5.88. The van der Waals surface area contributed by atoms with Crippen molar-refractivity contribution in [1.82, 2.24) is 0 Å². The second-order valence-corrected chi connectivity index (χ2v) is 3.89. The van der Waals surface area contributed by atoms with Gasteiger partial charge in [-0.25, -0.2) is 0 Å². The molecule has 0 amide bonds. The average molecular weight is 205 g/mol. The molecular weight excluding hydrogens is 186 g/mol. The second kappa shape index (κ2) is 4.99. The van der Waals surface area contributed by atoms with Crippen molar-refractivity contribution in [3.8, 4) is 5.75 Å². The summed E-state index contributed by atoms with van der Waals surface area (Å²) in [6, 6.07) is 6.06. The van der Waals surface area contributed by atoms with Crippen molar-refractivity contribution in [3.63, 3.8) is 0 Å². The van der Waals surface area contributed by atoms with Gasteiger partial charge in [-0.3, -0.25) is 0 Å². The highest BCUT2D eigenvalue weighted by atomic mass is 16.5. The van der Waals surface area contributed by atoms with E-state index in [4.69, 9.17) is 10.5 Å². The fourth-order valence-corrected chi connectivity index (χ4v) is 1.37. The van der Waals surface area contributed by atoms with E-state index < -0.39 is 0 Å². The van der Waals surface area contributed by atoms with Gasteiger partial charge < -0.3 is 10.5 Å². The molecular formula is C13H19NO. The molecule has 0 bridgehead atoms. The van der Waals surface area contributed by atoms with Crippen molar-refractivity contribution in [2.45, 2.75) is 32.9 Å². The topological polar surface area (TPSA) is 35.2 Å². The first-order valence-corrected chi connectivity index (χ1v) is 5.20. The molecule has 0 spiro atoms. The summed E-state index contributed by atoms with van der Waals surface area (Å²) in [5, 5.41) is 0. The normalized spacial score (nSPS) is 14.4. The smallest absolute Gasteiger partial charge is 0.125 e. The Hall–Kier alpha value is -1.28. The molecule has 0 aromatic heterocycles. The van der Waals surface area contributed by atoms with Crippen LogP contribution in [0.25, 0.3) is 0 Å². The van der Waals surface area contributed by atoms with Gasteiger partial charge in [-0.15, -0.1) is 0 Å². The van der Waals surface area contributed by atoms with Gasteiger partial charge in [0.15, 0.2) is 0 Å². The SMILES string of the molecule is C=CC(C)Oc1cc(C)ccc1C(C)N. The van der Waals surface area contributed by atoms with Crippen LogP contribution >= 0.6 is 0 Å². The first-order valence-electron chi connectivity index (χ1n) is 5.20. The summed E-state index contributed by atoms with van der Waals surface area (Å²) >= 11 is 0. The van der Waals surface area contributed by atoms with Crippen molar-refractivity contribution in [2.75, 3.05) is 0 Å². The highest BCUT2D eigenvalue weighted by Gasteiger charge is 2.09. The van der Waals surface area contributed by atoms with Crippen LogP contribution in [0.15, 0.2) is 30.9 Å². The van der Waals surface area contributed by atoms with Crippen LogP contribution < -0.4 is 10.5 Å². The molecule has 0 saturated carbocycles. The molecule has 2 heteroatoms. The molecule has 0 aliphatic heterocycles. The number of ether oxygens (including phenoxy) is 1. The molecule has 0 fully saturated rings. The molecule has 2 N–H and O–H groups in total. The monoisotopic (exact) mass is 205 g/mol. The maximum Gasteiger partial charge on any atom is 0.125 e. The van der Waals surface area contributed by atoms with Crippen molar-refractivity contribution < 1.29 is 4.74 Å². The quantitative estimate of drug-likeness (QED) is 0.767. The van der Waals surface area contributed by atoms with E-state index in [1.165, 1.54) is 5.56 Å². The van der Waals surface area contributed by atoms with Crippen LogP contribution in [0.3, 0.4) is 0 Å². The van der Waals surface area contributed by atoms with Crippen LogP contribution in [0.2, 0.25) is 0 Å². The standard InChI is InChI=1S/C13H19NO/c1-5-10(3)15-13-8-9(2)6-7-12(13)11(4)14/h5-8,10-11H,1,14H2,2-4H3. The Morgan fingerprint density at radius 3 is 2.60 bits per heavy atom.